The van der Waals surface area contributed by atoms with Gasteiger partial charge in [0, 0.05) is 30.4 Å². The predicted molar refractivity (Wildman–Crippen MR) is 95.0 cm³/mol. The molecule has 1 N–H and O–H groups in total. The molecule has 3 aliphatic rings. The number of carbonyl (C=O) groups excluding carboxylic acids is 2. The fraction of sp³-hybridized carbons (Fsp3) is 0.368. The lowest BCUT2D eigenvalue weighted by Crippen LogP contribution is -2.75. The minimum absolute atomic E-state index is 0.0111. The maximum Gasteiger partial charge on any atom is 0.254 e. The number of rotatable bonds is 7. The quantitative estimate of drug-likeness (QED) is 0.787. The molecule has 3 aliphatic carbocycles. The van der Waals surface area contributed by atoms with Gasteiger partial charge in [0.25, 0.3) is 5.91 Å². The number of amides is 1. The summed E-state index contributed by atoms with van der Waals surface area (Å²) < 4.78 is 18.7. The molecule has 2 aromatic rings. The Labute approximate surface area is 160 Å². The Kier molecular flexibility index (Phi) is 4.34. The Morgan fingerprint density at radius 1 is 1.22 bits per heavy atom. The Hall–Kier alpha value is -2.54. The van der Waals surface area contributed by atoms with Crippen LogP contribution in [0.25, 0.3) is 0 Å². The molecule has 3 saturated carbocycles. The summed E-state index contributed by atoms with van der Waals surface area (Å²) in [6.45, 7) is -0.108. The maximum absolute atomic E-state index is 13.4. The van der Waals surface area contributed by atoms with Gasteiger partial charge in [-0.2, -0.15) is 0 Å². The zero-order chi connectivity index (χ0) is 19.1. The molecule has 1 amide bonds. The molecule has 1 aromatic heterocycles. The fourth-order valence-electron chi connectivity index (χ4n) is 4.25. The van der Waals surface area contributed by atoms with E-state index in [4.69, 9.17) is 16.3 Å². The van der Waals surface area contributed by atoms with Crippen LogP contribution in [0.15, 0.2) is 36.9 Å². The third kappa shape index (κ3) is 3.51. The van der Waals surface area contributed by atoms with Crippen molar-refractivity contribution in [2.45, 2.75) is 31.2 Å². The van der Waals surface area contributed by atoms with Gasteiger partial charge in [-0.3, -0.25) is 9.59 Å². The van der Waals surface area contributed by atoms with E-state index < -0.39 is 5.82 Å². The third-order valence-corrected chi connectivity index (χ3v) is 5.51. The molecular weight excluding hydrogens is 373 g/mol. The van der Waals surface area contributed by atoms with Crippen molar-refractivity contribution in [3.8, 4) is 5.75 Å². The molecule has 0 atom stereocenters. The van der Waals surface area contributed by atoms with Gasteiger partial charge < -0.3 is 10.1 Å². The van der Waals surface area contributed by atoms with Gasteiger partial charge in [-0.1, -0.05) is 11.6 Å². The Bertz CT molecular complexity index is 887. The van der Waals surface area contributed by atoms with Crippen LogP contribution in [0.5, 0.6) is 5.75 Å². The smallest absolute Gasteiger partial charge is 0.254 e. The first-order valence-electron chi connectivity index (χ1n) is 8.56. The van der Waals surface area contributed by atoms with Crippen molar-refractivity contribution in [1.82, 2.24) is 15.3 Å². The monoisotopic (exact) mass is 389 g/mol. The number of Topliss-reactive ketones (excluding diaryl/α,β-unsaturated/α-hetero) is 1. The number of benzene rings is 1. The fourth-order valence-corrected chi connectivity index (χ4v) is 4.36. The average molecular weight is 390 g/mol. The molecule has 3 fully saturated rings. The number of nitrogens with zero attached hydrogens (tertiary/aromatic N) is 2. The molecule has 5 rings (SSSR count). The number of ether oxygens (including phenoxy) is 1. The van der Waals surface area contributed by atoms with Crippen molar-refractivity contribution in [2.24, 2.45) is 5.41 Å². The van der Waals surface area contributed by atoms with E-state index in [1.54, 1.807) is 0 Å². The van der Waals surface area contributed by atoms with Crippen molar-refractivity contribution in [2.75, 3.05) is 6.61 Å². The predicted octanol–water partition coefficient (Wildman–Crippen LogP) is 2.96. The van der Waals surface area contributed by atoms with Gasteiger partial charge in [0.1, 0.15) is 24.5 Å². The van der Waals surface area contributed by atoms with E-state index in [-0.39, 0.29) is 40.0 Å². The van der Waals surface area contributed by atoms with Crippen molar-refractivity contribution >= 4 is 23.3 Å². The van der Waals surface area contributed by atoms with Crippen molar-refractivity contribution in [1.29, 1.82) is 0 Å². The van der Waals surface area contributed by atoms with Gasteiger partial charge in [-0.15, -0.1) is 0 Å². The van der Waals surface area contributed by atoms with Gasteiger partial charge in [-0.05, 0) is 36.8 Å². The van der Waals surface area contributed by atoms with Crippen LogP contribution in [-0.4, -0.2) is 33.8 Å². The number of halogens is 2. The highest BCUT2D eigenvalue weighted by atomic mass is 35.5. The van der Waals surface area contributed by atoms with Crippen LogP contribution in [-0.2, 0) is 4.79 Å². The highest BCUT2D eigenvalue weighted by molar-refractivity contribution is 6.30. The molecule has 0 saturated heterocycles. The number of hydrogen-bond acceptors (Lipinski definition) is 5. The van der Waals surface area contributed by atoms with E-state index in [9.17, 15) is 14.0 Å². The van der Waals surface area contributed by atoms with Crippen LogP contribution in [0.4, 0.5) is 4.39 Å². The molecule has 0 aliphatic heterocycles. The van der Waals surface area contributed by atoms with Gasteiger partial charge in [0.05, 0.1) is 10.6 Å². The number of ketones is 1. The number of carbonyl (C=O) groups is 2. The summed E-state index contributed by atoms with van der Waals surface area (Å²) in [5, 5.41) is 3.04. The van der Waals surface area contributed by atoms with Gasteiger partial charge in [0.15, 0.2) is 5.78 Å². The second kappa shape index (κ2) is 6.56. The molecule has 0 unspecified atom stereocenters. The largest absolute Gasteiger partial charge is 0.486 e. The van der Waals surface area contributed by atoms with E-state index >= 15 is 0 Å². The molecule has 2 bridgehead atoms. The van der Waals surface area contributed by atoms with Crippen LogP contribution in [0.3, 0.4) is 0 Å². The summed E-state index contributed by atoms with van der Waals surface area (Å²) in [4.78, 5) is 32.1. The zero-order valence-corrected chi connectivity index (χ0v) is 15.1. The van der Waals surface area contributed by atoms with Crippen LogP contribution in [0, 0.1) is 11.2 Å². The molecule has 140 valence electrons. The summed E-state index contributed by atoms with van der Waals surface area (Å²) in [6, 6.07) is 4.08. The molecule has 8 heteroatoms. The minimum atomic E-state index is -0.581. The molecule has 6 nitrogen and oxygen atoms in total. The van der Waals surface area contributed by atoms with E-state index in [1.807, 2.05) is 0 Å². The maximum atomic E-state index is 13.4. The minimum Gasteiger partial charge on any atom is -0.486 e. The van der Waals surface area contributed by atoms with Crippen LogP contribution in [0.1, 0.15) is 36.0 Å². The Morgan fingerprint density at radius 2 is 1.93 bits per heavy atom. The molecular formula is C19H17ClFN3O3. The summed E-state index contributed by atoms with van der Waals surface area (Å²) >= 11 is 5.62. The summed E-state index contributed by atoms with van der Waals surface area (Å²) in [7, 11) is 0. The van der Waals surface area contributed by atoms with Crippen molar-refractivity contribution in [3.05, 3.63) is 53.3 Å². The molecule has 0 radical (unpaired) electrons. The highest BCUT2D eigenvalue weighted by Gasteiger charge is 2.68. The lowest BCUT2D eigenvalue weighted by molar-refractivity contribution is -0.162. The lowest BCUT2D eigenvalue weighted by atomic mass is 9.38. The molecule has 1 heterocycles. The van der Waals surface area contributed by atoms with Gasteiger partial charge in [-0.25, -0.2) is 14.4 Å². The number of hydrogen-bond donors (Lipinski definition) is 1. The van der Waals surface area contributed by atoms with Gasteiger partial charge >= 0.3 is 0 Å². The third-order valence-electron chi connectivity index (χ3n) is 5.20. The SMILES string of the molecule is O=C(COc1ccc(Cl)c(F)c1)CC12CC(NC(=O)c3cncnc3)(C1)C2. The average Bonchev–Trinajstić information content (AvgIpc) is 2.60. The van der Waals surface area contributed by atoms with Crippen molar-refractivity contribution < 1.29 is 18.7 Å². The summed E-state index contributed by atoms with van der Waals surface area (Å²) in [5.41, 5.74) is 0.162. The lowest BCUT2D eigenvalue weighted by Gasteiger charge is -2.70. The Balaban J connectivity index is 1.24. The van der Waals surface area contributed by atoms with Crippen LogP contribution >= 0.6 is 11.6 Å². The highest BCUT2D eigenvalue weighted by Crippen LogP contribution is 2.69. The summed E-state index contributed by atoms with van der Waals surface area (Å²) in [5.74, 6) is -0.538. The van der Waals surface area contributed by atoms with Crippen LogP contribution < -0.4 is 10.1 Å². The molecule has 1 aromatic carbocycles. The topological polar surface area (TPSA) is 81.2 Å². The van der Waals surface area contributed by atoms with E-state index in [0.29, 0.717) is 12.0 Å². The second-order valence-electron chi connectivity index (χ2n) is 7.47. The Morgan fingerprint density at radius 3 is 2.59 bits per heavy atom. The first-order valence-corrected chi connectivity index (χ1v) is 8.94. The van der Waals surface area contributed by atoms with E-state index in [1.165, 1.54) is 30.9 Å². The van der Waals surface area contributed by atoms with E-state index in [2.05, 4.69) is 15.3 Å². The second-order valence-corrected chi connectivity index (χ2v) is 7.88. The number of nitrogens with one attached hydrogen (secondary N) is 1. The number of aromatic nitrogens is 2. The van der Waals surface area contributed by atoms with Gasteiger partial charge in [0.2, 0.25) is 0 Å². The first kappa shape index (κ1) is 17.9. The first-order chi connectivity index (χ1) is 12.9. The standard InChI is InChI=1S/C19H17ClFN3O3/c20-15-2-1-14(3-16(15)21)27-7-13(25)4-18-8-19(9-18,10-18)24-17(26)12-5-22-11-23-6-12/h1-3,5-6,11H,4,7-10H2,(H,24,26). The normalized spacial score (nSPS) is 25.1. The van der Waals surface area contributed by atoms with Crippen molar-refractivity contribution in [3.63, 3.8) is 0 Å². The zero-order valence-electron chi connectivity index (χ0n) is 14.4. The molecule has 27 heavy (non-hydrogen) atoms. The summed E-state index contributed by atoms with van der Waals surface area (Å²) in [6.07, 6.45) is 7.06. The van der Waals surface area contributed by atoms with Crippen LogP contribution in [0.2, 0.25) is 5.02 Å². The van der Waals surface area contributed by atoms with E-state index in [0.717, 1.165) is 25.3 Å². The molecule has 0 spiro atoms.